The SMILES string of the molecule is CNC(=O)N/C(C)=C(/C)C(N)Oc1ccc(C(F)(F)F)cc1[N+](=O)[O-]. The zero-order valence-corrected chi connectivity index (χ0v) is 13.6. The Morgan fingerprint density at radius 2 is 1.96 bits per heavy atom. The van der Waals surface area contributed by atoms with E-state index in [4.69, 9.17) is 10.5 Å². The maximum Gasteiger partial charge on any atom is 0.416 e. The second kappa shape index (κ2) is 7.83. The normalized spacial score (nSPS) is 13.6. The van der Waals surface area contributed by atoms with E-state index in [0.29, 0.717) is 23.4 Å². The maximum atomic E-state index is 12.7. The number of hydrogen-bond acceptors (Lipinski definition) is 5. The molecule has 0 heterocycles. The van der Waals surface area contributed by atoms with Crippen LogP contribution in [0.15, 0.2) is 29.5 Å². The number of hydrogen-bond donors (Lipinski definition) is 3. The Morgan fingerprint density at radius 1 is 1.36 bits per heavy atom. The summed E-state index contributed by atoms with van der Waals surface area (Å²) < 4.78 is 43.2. The lowest BCUT2D eigenvalue weighted by Crippen LogP contribution is -2.35. The van der Waals surface area contributed by atoms with E-state index in [1.54, 1.807) is 0 Å². The van der Waals surface area contributed by atoms with E-state index in [0.717, 1.165) is 6.07 Å². The molecule has 0 aliphatic heterocycles. The van der Waals surface area contributed by atoms with Crippen LogP contribution in [0.3, 0.4) is 0 Å². The molecule has 0 aromatic heterocycles. The summed E-state index contributed by atoms with van der Waals surface area (Å²) in [5.74, 6) is -0.419. The number of nitro groups is 1. The molecule has 0 aliphatic rings. The lowest BCUT2D eigenvalue weighted by atomic mass is 10.1. The van der Waals surface area contributed by atoms with Gasteiger partial charge in [-0.25, -0.2) is 4.79 Å². The van der Waals surface area contributed by atoms with Crippen molar-refractivity contribution >= 4 is 11.7 Å². The molecule has 1 atom stereocenters. The summed E-state index contributed by atoms with van der Waals surface area (Å²) in [6.07, 6.45) is -5.94. The molecular formula is C14H17F3N4O4. The van der Waals surface area contributed by atoms with Crippen molar-refractivity contribution in [2.75, 3.05) is 7.05 Å². The largest absolute Gasteiger partial charge is 0.464 e. The quantitative estimate of drug-likeness (QED) is 0.422. The second-order valence-electron chi connectivity index (χ2n) is 4.99. The molecule has 25 heavy (non-hydrogen) atoms. The van der Waals surface area contributed by atoms with E-state index in [9.17, 15) is 28.1 Å². The molecule has 2 amide bonds. The van der Waals surface area contributed by atoms with Crippen LogP contribution in [-0.2, 0) is 6.18 Å². The highest BCUT2D eigenvalue weighted by molar-refractivity contribution is 5.75. The predicted molar refractivity (Wildman–Crippen MR) is 82.7 cm³/mol. The summed E-state index contributed by atoms with van der Waals surface area (Å²) in [7, 11) is 1.40. The molecular weight excluding hydrogens is 345 g/mol. The second-order valence-corrected chi connectivity index (χ2v) is 4.99. The number of benzene rings is 1. The molecule has 1 aromatic carbocycles. The lowest BCUT2D eigenvalue weighted by molar-refractivity contribution is -0.386. The minimum Gasteiger partial charge on any atom is -0.464 e. The number of amides is 2. The van der Waals surface area contributed by atoms with Gasteiger partial charge in [-0.05, 0) is 26.0 Å². The van der Waals surface area contributed by atoms with Crippen molar-refractivity contribution in [3.8, 4) is 5.75 Å². The van der Waals surface area contributed by atoms with E-state index in [1.165, 1.54) is 20.9 Å². The molecule has 1 aromatic rings. The third kappa shape index (κ3) is 5.35. The van der Waals surface area contributed by atoms with Gasteiger partial charge in [0.15, 0.2) is 12.0 Å². The molecule has 0 bridgehead atoms. The first-order chi connectivity index (χ1) is 11.5. The Labute approximate surface area is 141 Å². The van der Waals surface area contributed by atoms with Crippen molar-refractivity contribution in [2.24, 2.45) is 5.73 Å². The highest BCUT2D eigenvalue weighted by atomic mass is 19.4. The smallest absolute Gasteiger partial charge is 0.416 e. The Morgan fingerprint density at radius 3 is 2.44 bits per heavy atom. The Kier molecular flexibility index (Phi) is 6.34. The molecule has 0 radical (unpaired) electrons. The van der Waals surface area contributed by atoms with Gasteiger partial charge in [0.05, 0.1) is 10.5 Å². The number of nitrogens with zero attached hydrogens (tertiary/aromatic N) is 1. The summed E-state index contributed by atoms with van der Waals surface area (Å²) in [4.78, 5) is 21.3. The van der Waals surface area contributed by atoms with Crippen LogP contribution < -0.4 is 21.1 Å². The average molecular weight is 362 g/mol. The number of halogens is 3. The minimum atomic E-state index is -4.73. The van der Waals surface area contributed by atoms with Crippen LogP contribution in [-0.4, -0.2) is 24.2 Å². The number of alkyl halides is 3. The van der Waals surface area contributed by atoms with Crippen LogP contribution >= 0.6 is 0 Å². The Bertz CT molecular complexity index is 704. The predicted octanol–water partition coefficient (Wildman–Crippen LogP) is 2.50. The number of carbonyl (C=O) groups excluding carboxylic acids is 1. The van der Waals surface area contributed by atoms with Crippen LogP contribution in [0.1, 0.15) is 19.4 Å². The topological polar surface area (TPSA) is 120 Å². The van der Waals surface area contributed by atoms with Crippen molar-refractivity contribution in [1.29, 1.82) is 0 Å². The van der Waals surface area contributed by atoms with Gasteiger partial charge in [0.1, 0.15) is 0 Å². The number of allylic oxidation sites excluding steroid dienone is 1. The van der Waals surface area contributed by atoms with Crippen LogP contribution in [0.4, 0.5) is 23.7 Å². The van der Waals surface area contributed by atoms with Gasteiger partial charge in [-0.1, -0.05) is 0 Å². The van der Waals surface area contributed by atoms with E-state index >= 15 is 0 Å². The van der Waals surface area contributed by atoms with Crippen molar-refractivity contribution in [1.82, 2.24) is 10.6 Å². The highest BCUT2D eigenvalue weighted by Gasteiger charge is 2.33. The number of urea groups is 1. The van der Waals surface area contributed by atoms with Crippen LogP contribution in [0.25, 0.3) is 0 Å². The Balaban J connectivity index is 3.11. The number of carbonyl (C=O) groups is 1. The van der Waals surface area contributed by atoms with Gasteiger partial charge in [0.2, 0.25) is 0 Å². The van der Waals surface area contributed by atoms with Gasteiger partial charge in [0, 0.05) is 24.4 Å². The minimum absolute atomic E-state index is 0.331. The molecule has 0 aliphatic carbocycles. The van der Waals surface area contributed by atoms with Crippen LogP contribution in [0.5, 0.6) is 5.75 Å². The molecule has 11 heteroatoms. The monoisotopic (exact) mass is 362 g/mol. The van der Waals surface area contributed by atoms with Crippen LogP contribution in [0.2, 0.25) is 0 Å². The Hall–Kier alpha value is -2.82. The third-order valence-corrected chi connectivity index (χ3v) is 3.28. The van der Waals surface area contributed by atoms with Crippen molar-refractivity contribution in [3.05, 3.63) is 45.1 Å². The first kappa shape index (κ1) is 20.2. The summed E-state index contributed by atoms with van der Waals surface area (Å²) in [5.41, 5.74) is 4.39. The molecule has 8 nitrogen and oxygen atoms in total. The van der Waals surface area contributed by atoms with Crippen molar-refractivity contribution in [3.63, 3.8) is 0 Å². The van der Waals surface area contributed by atoms with E-state index in [1.807, 2.05) is 0 Å². The molecule has 0 spiro atoms. The number of nitrogens with one attached hydrogen (secondary N) is 2. The molecule has 1 rings (SSSR count). The van der Waals surface area contributed by atoms with Crippen LogP contribution in [0, 0.1) is 10.1 Å². The maximum absolute atomic E-state index is 12.7. The fourth-order valence-corrected chi connectivity index (χ4v) is 1.71. The van der Waals surface area contributed by atoms with Gasteiger partial charge < -0.3 is 15.4 Å². The number of ether oxygens (including phenoxy) is 1. The summed E-state index contributed by atoms with van der Waals surface area (Å²) in [5, 5.41) is 15.8. The molecule has 0 saturated carbocycles. The third-order valence-electron chi connectivity index (χ3n) is 3.28. The van der Waals surface area contributed by atoms with Gasteiger partial charge in [-0.2, -0.15) is 13.2 Å². The summed E-state index contributed by atoms with van der Waals surface area (Å²) in [6.45, 7) is 3.03. The standard InChI is InChI=1S/C14H17F3N4O4/c1-7(8(2)20-13(22)19-3)12(18)25-11-5-4-9(14(15,16)17)6-10(11)21(23)24/h4-6,12H,18H2,1-3H3,(H2,19,20,22)/b8-7-. The zero-order valence-electron chi connectivity index (χ0n) is 13.6. The molecule has 0 saturated heterocycles. The van der Waals surface area contributed by atoms with Gasteiger partial charge in [-0.3, -0.25) is 15.8 Å². The van der Waals surface area contributed by atoms with E-state index in [-0.39, 0.29) is 0 Å². The van der Waals surface area contributed by atoms with Gasteiger partial charge in [-0.15, -0.1) is 0 Å². The first-order valence-corrected chi connectivity index (χ1v) is 6.91. The molecule has 1 unspecified atom stereocenters. The molecule has 4 N–H and O–H groups in total. The molecule has 138 valence electrons. The zero-order chi connectivity index (χ0) is 19.4. The number of rotatable bonds is 5. The fraction of sp³-hybridized carbons (Fsp3) is 0.357. The average Bonchev–Trinajstić information content (AvgIpc) is 2.52. The van der Waals surface area contributed by atoms with Crippen molar-refractivity contribution < 1.29 is 27.6 Å². The van der Waals surface area contributed by atoms with Gasteiger partial charge >= 0.3 is 17.9 Å². The first-order valence-electron chi connectivity index (χ1n) is 6.91. The van der Waals surface area contributed by atoms with E-state index in [2.05, 4.69) is 10.6 Å². The highest BCUT2D eigenvalue weighted by Crippen LogP contribution is 2.36. The number of nitro benzene ring substituents is 1. The molecule has 0 fully saturated rings. The van der Waals surface area contributed by atoms with E-state index < -0.39 is 40.4 Å². The van der Waals surface area contributed by atoms with Crippen molar-refractivity contribution in [2.45, 2.75) is 26.3 Å². The number of nitrogens with two attached hydrogens (primary N) is 1. The van der Waals surface area contributed by atoms with Gasteiger partial charge in [0.25, 0.3) is 0 Å². The lowest BCUT2D eigenvalue weighted by Gasteiger charge is -2.18. The fourth-order valence-electron chi connectivity index (χ4n) is 1.71. The summed E-state index contributed by atoms with van der Waals surface area (Å²) >= 11 is 0. The summed E-state index contributed by atoms with van der Waals surface area (Å²) in [6, 6.07) is 1.35.